The SMILES string of the molecule is CC[C@@H](C)[C@H]1O[C@@H](C2=C(OC)N([O-])CC(c3ccccc3)=C2OC)[C@H](C)C[C@@H]1C. The van der Waals surface area contributed by atoms with E-state index in [-0.39, 0.29) is 24.7 Å². The van der Waals surface area contributed by atoms with Gasteiger partial charge >= 0.3 is 0 Å². The summed E-state index contributed by atoms with van der Waals surface area (Å²) in [5, 5.41) is 13.9. The monoisotopic (exact) mass is 400 g/mol. The number of hydroxylamine groups is 2. The van der Waals surface area contributed by atoms with Crippen molar-refractivity contribution in [3.05, 3.63) is 58.3 Å². The number of nitrogens with zero attached hydrogens (tertiary/aromatic N) is 1. The zero-order valence-electron chi connectivity index (χ0n) is 18.5. The quantitative estimate of drug-likeness (QED) is 0.658. The summed E-state index contributed by atoms with van der Waals surface area (Å²) in [5.74, 6) is 2.17. The summed E-state index contributed by atoms with van der Waals surface area (Å²) in [6, 6.07) is 9.93. The Hall–Kier alpha value is -1.98. The molecule has 160 valence electrons. The van der Waals surface area contributed by atoms with Crippen molar-refractivity contribution >= 4 is 5.57 Å². The molecule has 0 bridgehead atoms. The minimum atomic E-state index is -0.245. The topological polar surface area (TPSA) is 54.0 Å². The molecule has 1 fully saturated rings. The summed E-state index contributed by atoms with van der Waals surface area (Å²) in [5.41, 5.74) is 2.59. The zero-order valence-corrected chi connectivity index (χ0v) is 18.5. The number of hydrogen-bond acceptors (Lipinski definition) is 5. The van der Waals surface area contributed by atoms with Crippen LogP contribution in [0.5, 0.6) is 0 Å². The predicted molar refractivity (Wildman–Crippen MR) is 116 cm³/mol. The molecule has 5 heteroatoms. The lowest BCUT2D eigenvalue weighted by Gasteiger charge is -2.46. The van der Waals surface area contributed by atoms with Crippen molar-refractivity contribution in [2.45, 2.75) is 52.7 Å². The number of benzene rings is 1. The van der Waals surface area contributed by atoms with Crippen LogP contribution in [0.25, 0.3) is 5.57 Å². The lowest BCUT2D eigenvalue weighted by Crippen LogP contribution is -2.45. The summed E-state index contributed by atoms with van der Waals surface area (Å²) in [4.78, 5) is 0. The van der Waals surface area contributed by atoms with E-state index < -0.39 is 0 Å². The molecule has 1 aromatic rings. The first-order valence-corrected chi connectivity index (χ1v) is 10.6. The molecule has 0 spiro atoms. The Morgan fingerprint density at radius 2 is 1.83 bits per heavy atom. The second kappa shape index (κ2) is 9.23. The molecule has 5 atom stereocenters. The van der Waals surface area contributed by atoms with Gasteiger partial charge in [0.1, 0.15) is 5.76 Å². The third-order valence-electron chi connectivity index (χ3n) is 6.41. The first kappa shape index (κ1) is 21.7. The largest absolute Gasteiger partial charge is 0.756 e. The predicted octanol–water partition coefficient (Wildman–Crippen LogP) is 5.19. The second-order valence-corrected chi connectivity index (χ2v) is 8.43. The van der Waals surface area contributed by atoms with Crippen LogP contribution in [-0.4, -0.2) is 38.0 Å². The molecule has 1 saturated heterocycles. The van der Waals surface area contributed by atoms with E-state index in [1.54, 1.807) is 14.2 Å². The van der Waals surface area contributed by atoms with Gasteiger partial charge < -0.3 is 24.5 Å². The Labute approximate surface area is 174 Å². The lowest BCUT2D eigenvalue weighted by molar-refractivity contribution is -0.115. The molecular formula is C24H34NO4-. The molecular weight excluding hydrogens is 366 g/mol. The van der Waals surface area contributed by atoms with Gasteiger partial charge in [0.15, 0.2) is 5.88 Å². The van der Waals surface area contributed by atoms with Crippen LogP contribution in [-0.2, 0) is 14.2 Å². The molecule has 29 heavy (non-hydrogen) atoms. The highest BCUT2D eigenvalue weighted by molar-refractivity contribution is 5.74. The van der Waals surface area contributed by atoms with E-state index in [4.69, 9.17) is 14.2 Å². The van der Waals surface area contributed by atoms with E-state index in [0.29, 0.717) is 23.5 Å². The standard InChI is InChI=1S/C24H34NO4/c1-7-15(2)21-16(3)13-17(4)22(29-21)20-23(27-5)19(14-25(26)24(20)28-6)18-11-9-8-10-12-18/h8-12,15-17,21-22H,7,13-14H2,1-6H3/q-1/t15-,16+,17-,21-,22-/m1/s1. The minimum Gasteiger partial charge on any atom is -0.756 e. The summed E-state index contributed by atoms with van der Waals surface area (Å²) in [7, 11) is 3.21. The van der Waals surface area contributed by atoms with Gasteiger partial charge in [-0.25, -0.2) is 0 Å². The normalized spacial score (nSPS) is 29.1. The van der Waals surface area contributed by atoms with Crippen molar-refractivity contribution in [1.82, 2.24) is 5.06 Å². The molecule has 1 aromatic carbocycles. The van der Waals surface area contributed by atoms with Crippen LogP contribution in [0.3, 0.4) is 0 Å². The molecule has 0 amide bonds. The molecule has 0 aliphatic carbocycles. The molecule has 2 aliphatic heterocycles. The average Bonchev–Trinajstić information content (AvgIpc) is 2.73. The van der Waals surface area contributed by atoms with E-state index in [2.05, 4.69) is 27.7 Å². The summed E-state index contributed by atoms with van der Waals surface area (Å²) in [6.07, 6.45) is 2.00. The summed E-state index contributed by atoms with van der Waals surface area (Å²) in [6.45, 7) is 9.07. The van der Waals surface area contributed by atoms with E-state index in [1.165, 1.54) is 0 Å². The van der Waals surface area contributed by atoms with Crippen LogP contribution in [0.15, 0.2) is 47.5 Å². The van der Waals surface area contributed by atoms with Gasteiger partial charge in [-0.15, -0.1) is 0 Å². The van der Waals surface area contributed by atoms with E-state index in [1.807, 2.05) is 30.3 Å². The highest BCUT2D eigenvalue weighted by atomic mass is 16.6. The van der Waals surface area contributed by atoms with Gasteiger partial charge in [-0.2, -0.15) is 0 Å². The zero-order chi connectivity index (χ0) is 21.1. The smallest absolute Gasteiger partial charge is 0.188 e. The van der Waals surface area contributed by atoms with Crippen molar-refractivity contribution in [3.63, 3.8) is 0 Å². The fourth-order valence-corrected chi connectivity index (χ4v) is 4.80. The van der Waals surface area contributed by atoms with Gasteiger partial charge in [0.05, 0.1) is 32.0 Å². The summed E-state index contributed by atoms with van der Waals surface area (Å²) >= 11 is 0. The van der Waals surface area contributed by atoms with Crippen LogP contribution in [0.4, 0.5) is 0 Å². The van der Waals surface area contributed by atoms with Gasteiger partial charge in [0.2, 0.25) is 0 Å². The van der Waals surface area contributed by atoms with Gasteiger partial charge in [-0.1, -0.05) is 64.4 Å². The Kier molecular flexibility index (Phi) is 6.91. The third kappa shape index (κ3) is 4.17. The molecule has 0 N–H and O–H groups in total. The van der Waals surface area contributed by atoms with Crippen LogP contribution in [0.2, 0.25) is 0 Å². The highest BCUT2D eigenvalue weighted by Gasteiger charge is 2.42. The fourth-order valence-electron chi connectivity index (χ4n) is 4.80. The molecule has 0 saturated carbocycles. The Morgan fingerprint density at radius 1 is 1.14 bits per heavy atom. The number of methoxy groups -OCH3 is 2. The molecule has 2 heterocycles. The molecule has 2 aliphatic rings. The Morgan fingerprint density at radius 3 is 2.41 bits per heavy atom. The maximum Gasteiger partial charge on any atom is 0.188 e. The molecule has 0 aromatic heterocycles. The fraction of sp³-hybridized carbons (Fsp3) is 0.583. The van der Waals surface area contributed by atoms with Crippen molar-refractivity contribution in [3.8, 4) is 0 Å². The third-order valence-corrected chi connectivity index (χ3v) is 6.41. The highest BCUT2D eigenvalue weighted by Crippen LogP contribution is 2.43. The van der Waals surface area contributed by atoms with Gasteiger partial charge in [0, 0.05) is 12.1 Å². The van der Waals surface area contributed by atoms with Gasteiger partial charge in [-0.05, 0) is 29.7 Å². The Balaban J connectivity index is 2.10. The first-order chi connectivity index (χ1) is 13.9. The van der Waals surface area contributed by atoms with Crippen LogP contribution in [0, 0.1) is 23.0 Å². The number of ether oxygens (including phenoxy) is 3. The molecule has 0 unspecified atom stereocenters. The van der Waals surface area contributed by atoms with Crippen molar-refractivity contribution in [2.75, 3.05) is 20.8 Å². The second-order valence-electron chi connectivity index (χ2n) is 8.43. The van der Waals surface area contributed by atoms with E-state index in [9.17, 15) is 5.21 Å². The van der Waals surface area contributed by atoms with Crippen LogP contribution >= 0.6 is 0 Å². The van der Waals surface area contributed by atoms with Crippen LogP contribution < -0.4 is 0 Å². The lowest BCUT2D eigenvalue weighted by atomic mass is 9.78. The maximum atomic E-state index is 13.0. The van der Waals surface area contributed by atoms with Gasteiger partial charge in [0.25, 0.3) is 0 Å². The number of hydrogen-bond donors (Lipinski definition) is 0. The van der Waals surface area contributed by atoms with E-state index in [0.717, 1.165) is 34.6 Å². The maximum absolute atomic E-state index is 13.0. The molecule has 0 radical (unpaired) electrons. The average molecular weight is 401 g/mol. The Bertz CT molecular complexity index is 757. The molecule has 3 rings (SSSR count). The molecule has 5 nitrogen and oxygen atoms in total. The summed E-state index contributed by atoms with van der Waals surface area (Å²) < 4.78 is 18.2. The van der Waals surface area contributed by atoms with Crippen molar-refractivity contribution in [2.24, 2.45) is 17.8 Å². The van der Waals surface area contributed by atoms with Gasteiger partial charge in [-0.3, -0.25) is 0 Å². The van der Waals surface area contributed by atoms with E-state index >= 15 is 0 Å². The van der Waals surface area contributed by atoms with Crippen molar-refractivity contribution in [1.29, 1.82) is 0 Å². The van der Waals surface area contributed by atoms with Crippen molar-refractivity contribution < 1.29 is 14.2 Å². The first-order valence-electron chi connectivity index (χ1n) is 10.6. The number of rotatable bonds is 6. The minimum absolute atomic E-state index is 0.145. The van der Waals surface area contributed by atoms with Crippen LogP contribution in [0.1, 0.15) is 46.1 Å².